The molecule has 2 aliphatic rings. The van der Waals surface area contributed by atoms with Crippen molar-refractivity contribution < 1.29 is 5.11 Å². The van der Waals surface area contributed by atoms with Gasteiger partial charge in [-0.1, -0.05) is 0 Å². The van der Waals surface area contributed by atoms with Crippen molar-refractivity contribution in [3.05, 3.63) is 17.6 Å². The number of aryl methyl sites for hydroxylation is 1. The molecule has 0 saturated carbocycles. The summed E-state index contributed by atoms with van der Waals surface area (Å²) in [5.74, 6) is 1.64. The van der Waals surface area contributed by atoms with E-state index in [0.29, 0.717) is 12.5 Å². The van der Waals surface area contributed by atoms with Crippen molar-refractivity contribution in [2.45, 2.75) is 32.1 Å². The molecule has 0 amide bonds. The summed E-state index contributed by atoms with van der Waals surface area (Å²) in [6.07, 6.45) is 7.32. The van der Waals surface area contributed by atoms with Crippen molar-refractivity contribution in [1.29, 1.82) is 0 Å². The Bertz CT molecular complexity index is 400. The van der Waals surface area contributed by atoms with Gasteiger partial charge < -0.3 is 10.0 Å². The molecule has 4 nitrogen and oxygen atoms in total. The third-order valence-electron chi connectivity index (χ3n) is 4.02. The zero-order chi connectivity index (χ0) is 11.7. The van der Waals surface area contributed by atoms with E-state index in [2.05, 4.69) is 14.9 Å². The van der Waals surface area contributed by atoms with Gasteiger partial charge in [-0.25, -0.2) is 9.97 Å². The van der Waals surface area contributed by atoms with Gasteiger partial charge in [-0.2, -0.15) is 0 Å². The molecule has 1 N–H and O–H groups in total. The van der Waals surface area contributed by atoms with Crippen molar-refractivity contribution in [3.63, 3.8) is 0 Å². The summed E-state index contributed by atoms with van der Waals surface area (Å²) in [5, 5.41) is 9.16. The van der Waals surface area contributed by atoms with Gasteiger partial charge in [0.05, 0.1) is 0 Å². The van der Waals surface area contributed by atoms with E-state index in [0.717, 1.165) is 44.6 Å². The van der Waals surface area contributed by atoms with Crippen molar-refractivity contribution in [2.75, 3.05) is 24.6 Å². The zero-order valence-corrected chi connectivity index (χ0v) is 10.1. The molecular formula is C13H19N3O. The number of hydrogen-bond acceptors (Lipinski definition) is 4. The van der Waals surface area contributed by atoms with Gasteiger partial charge >= 0.3 is 0 Å². The van der Waals surface area contributed by atoms with Crippen LogP contribution in [0.25, 0.3) is 0 Å². The molecule has 0 aromatic carbocycles. The van der Waals surface area contributed by atoms with E-state index >= 15 is 0 Å². The Hall–Kier alpha value is -1.16. The molecular weight excluding hydrogens is 214 g/mol. The summed E-state index contributed by atoms with van der Waals surface area (Å²) in [6.45, 7) is 2.37. The molecule has 1 aromatic rings. The van der Waals surface area contributed by atoms with Gasteiger partial charge in [-0.15, -0.1) is 0 Å². The van der Waals surface area contributed by atoms with Crippen LogP contribution in [0.5, 0.6) is 0 Å². The van der Waals surface area contributed by atoms with Crippen molar-refractivity contribution in [3.8, 4) is 0 Å². The minimum atomic E-state index is 0.329. The quantitative estimate of drug-likeness (QED) is 0.833. The van der Waals surface area contributed by atoms with Crippen LogP contribution in [0.15, 0.2) is 6.33 Å². The first kappa shape index (κ1) is 11.0. The minimum absolute atomic E-state index is 0.329. The molecule has 92 valence electrons. The Kier molecular flexibility index (Phi) is 2.97. The lowest BCUT2D eigenvalue weighted by Crippen LogP contribution is -2.36. The predicted octanol–water partition coefficient (Wildman–Crippen LogP) is 1.17. The molecule has 0 atom stereocenters. The number of fused-ring (bicyclic) bond motifs is 1. The first-order chi connectivity index (χ1) is 8.38. The van der Waals surface area contributed by atoms with Crippen LogP contribution in [-0.4, -0.2) is 34.8 Å². The van der Waals surface area contributed by atoms with E-state index in [1.165, 1.54) is 17.7 Å². The van der Waals surface area contributed by atoms with Crippen LogP contribution in [0.1, 0.15) is 30.5 Å². The Morgan fingerprint density at radius 2 is 2.06 bits per heavy atom. The van der Waals surface area contributed by atoms with Gasteiger partial charge in [0.2, 0.25) is 0 Å². The van der Waals surface area contributed by atoms with Gasteiger partial charge in [-0.3, -0.25) is 0 Å². The lowest BCUT2D eigenvalue weighted by atomic mass is 9.97. The molecule has 1 saturated heterocycles. The summed E-state index contributed by atoms with van der Waals surface area (Å²) in [7, 11) is 0. The Morgan fingerprint density at radius 1 is 1.24 bits per heavy atom. The van der Waals surface area contributed by atoms with Crippen LogP contribution in [0.2, 0.25) is 0 Å². The molecule has 0 spiro atoms. The summed E-state index contributed by atoms with van der Waals surface area (Å²) in [4.78, 5) is 11.2. The Balaban J connectivity index is 1.79. The highest BCUT2D eigenvalue weighted by molar-refractivity contribution is 5.50. The van der Waals surface area contributed by atoms with Crippen LogP contribution in [0.3, 0.4) is 0 Å². The smallest absolute Gasteiger partial charge is 0.135 e. The fourth-order valence-corrected chi connectivity index (χ4v) is 2.94. The molecule has 17 heavy (non-hydrogen) atoms. The van der Waals surface area contributed by atoms with Gasteiger partial charge in [0.25, 0.3) is 0 Å². The van der Waals surface area contributed by atoms with Crippen LogP contribution >= 0.6 is 0 Å². The summed E-state index contributed by atoms with van der Waals surface area (Å²) < 4.78 is 0. The first-order valence-corrected chi connectivity index (χ1v) is 6.57. The van der Waals surface area contributed by atoms with E-state index in [9.17, 15) is 0 Å². The largest absolute Gasteiger partial charge is 0.396 e. The summed E-state index contributed by atoms with van der Waals surface area (Å²) >= 11 is 0. The normalized spacial score (nSPS) is 20.6. The lowest BCUT2D eigenvalue weighted by molar-refractivity contribution is 0.202. The number of rotatable bonds is 2. The van der Waals surface area contributed by atoms with Crippen LogP contribution in [0.4, 0.5) is 5.82 Å². The predicted molar refractivity (Wildman–Crippen MR) is 66.1 cm³/mol. The van der Waals surface area contributed by atoms with Gasteiger partial charge in [-0.05, 0) is 38.0 Å². The SMILES string of the molecule is OCC1CCN(c2ncnc3c2CCC3)CC1. The molecule has 1 fully saturated rings. The van der Waals surface area contributed by atoms with E-state index in [4.69, 9.17) is 5.11 Å². The van der Waals surface area contributed by atoms with Crippen LogP contribution in [0, 0.1) is 5.92 Å². The Labute approximate surface area is 102 Å². The second-order valence-electron chi connectivity index (χ2n) is 5.09. The van der Waals surface area contributed by atoms with E-state index in [1.54, 1.807) is 6.33 Å². The molecule has 1 aliphatic carbocycles. The van der Waals surface area contributed by atoms with E-state index < -0.39 is 0 Å². The van der Waals surface area contributed by atoms with Gasteiger partial charge in [0.1, 0.15) is 12.1 Å². The average Bonchev–Trinajstić information content (AvgIpc) is 2.87. The fourth-order valence-electron chi connectivity index (χ4n) is 2.94. The second-order valence-corrected chi connectivity index (χ2v) is 5.09. The molecule has 3 rings (SSSR count). The van der Waals surface area contributed by atoms with E-state index in [-0.39, 0.29) is 0 Å². The number of anilines is 1. The van der Waals surface area contributed by atoms with Crippen molar-refractivity contribution in [2.24, 2.45) is 5.92 Å². The molecule has 2 heterocycles. The lowest BCUT2D eigenvalue weighted by Gasteiger charge is -2.32. The van der Waals surface area contributed by atoms with Gasteiger partial charge in [0.15, 0.2) is 0 Å². The standard InChI is InChI=1S/C13H19N3O/c17-8-10-4-6-16(7-5-10)13-11-2-1-3-12(11)14-9-15-13/h9-10,17H,1-8H2. The van der Waals surface area contributed by atoms with E-state index in [1.807, 2.05) is 0 Å². The summed E-state index contributed by atoms with van der Waals surface area (Å²) in [6, 6.07) is 0. The van der Waals surface area contributed by atoms with Crippen molar-refractivity contribution >= 4 is 5.82 Å². The highest BCUT2D eigenvalue weighted by atomic mass is 16.3. The summed E-state index contributed by atoms with van der Waals surface area (Å²) in [5.41, 5.74) is 2.62. The number of aromatic nitrogens is 2. The van der Waals surface area contributed by atoms with Crippen LogP contribution in [-0.2, 0) is 12.8 Å². The number of aliphatic hydroxyl groups excluding tert-OH is 1. The topological polar surface area (TPSA) is 49.2 Å². The third kappa shape index (κ3) is 2.02. The number of piperidine rings is 1. The number of aliphatic hydroxyl groups is 1. The molecule has 1 aliphatic heterocycles. The first-order valence-electron chi connectivity index (χ1n) is 6.57. The van der Waals surface area contributed by atoms with Gasteiger partial charge in [0, 0.05) is 31.0 Å². The maximum Gasteiger partial charge on any atom is 0.135 e. The molecule has 1 aromatic heterocycles. The molecule has 4 heteroatoms. The highest BCUT2D eigenvalue weighted by Gasteiger charge is 2.24. The maximum absolute atomic E-state index is 9.16. The zero-order valence-electron chi connectivity index (χ0n) is 10.1. The second kappa shape index (κ2) is 4.61. The van der Waals surface area contributed by atoms with Crippen LogP contribution < -0.4 is 4.90 Å². The number of hydrogen-bond donors (Lipinski definition) is 1. The Morgan fingerprint density at radius 3 is 2.82 bits per heavy atom. The maximum atomic E-state index is 9.16. The minimum Gasteiger partial charge on any atom is -0.396 e. The monoisotopic (exact) mass is 233 g/mol. The number of nitrogens with zero attached hydrogens (tertiary/aromatic N) is 3. The fraction of sp³-hybridized carbons (Fsp3) is 0.692. The average molecular weight is 233 g/mol. The molecule has 0 unspecified atom stereocenters. The van der Waals surface area contributed by atoms with Crippen molar-refractivity contribution in [1.82, 2.24) is 9.97 Å². The third-order valence-corrected chi connectivity index (χ3v) is 4.02. The highest BCUT2D eigenvalue weighted by Crippen LogP contribution is 2.30. The molecule has 0 bridgehead atoms. The molecule has 0 radical (unpaired) electrons.